The van der Waals surface area contributed by atoms with Crippen molar-refractivity contribution in [1.29, 1.82) is 0 Å². The van der Waals surface area contributed by atoms with Crippen LogP contribution in [0.3, 0.4) is 0 Å². The fourth-order valence-corrected chi connectivity index (χ4v) is 1.64. The summed E-state index contributed by atoms with van der Waals surface area (Å²) >= 11 is 0. The Kier molecular flexibility index (Phi) is 4.80. The largest absolute Gasteiger partial charge is 0.384 e. The van der Waals surface area contributed by atoms with Crippen molar-refractivity contribution in [2.24, 2.45) is 5.73 Å². The Morgan fingerprint density at radius 2 is 2.15 bits per heavy atom. The van der Waals surface area contributed by atoms with Gasteiger partial charge in [0.15, 0.2) is 5.82 Å². The van der Waals surface area contributed by atoms with E-state index in [-0.39, 0.29) is 5.91 Å². The lowest BCUT2D eigenvalue weighted by Crippen LogP contribution is -2.13. The van der Waals surface area contributed by atoms with E-state index in [4.69, 9.17) is 10.5 Å². The van der Waals surface area contributed by atoms with Crippen molar-refractivity contribution in [2.45, 2.75) is 13.0 Å². The Morgan fingerprint density at radius 1 is 1.40 bits per heavy atom. The van der Waals surface area contributed by atoms with Crippen LogP contribution in [-0.2, 0) is 16.1 Å². The summed E-state index contributed by atoms with van der Waals surface area (Å²) in [5, 5.41) is 9.61. The maximum atomic E-state index is 11.5. The molecule has 2 rings (SSSR count). The number of nitrogens with zero attached hydrogens (tertiary/aromatic N) is 2. The lowest BCUT2D eigenvalue weighted by molar-refractivity contribution is -0.117. The van der Waals surface area contributed by atoms with Crippen molar-refractivity contribution in [3.63, 3.8) is 0 Å². The number of aromatic nitrogens is 3. The van der Waals surface area contributed by atoms with Crippen LogP contribution in [-0.4, -0.2) is 34.8 Å². The average molecular weight is 275 g/mol. The van der Waals surface area contributed by atoms with Crippen molar-refractivity contribution >= 4 is 11.6 Å². The number of hydrogen-bond acceptors (Lipinski definition) is 5. The minimum absolute atomic E-state index is 0.0806. The van der Waals surface area contributed by atoms with Gasteiger partial charge in [-0.1, -0.05) is 0 Å². The van der Waals surface area contributed by atoms with Gasteiger partial charge in [-0.05, 0) is 24.3 Å². The SMILES string of the molecule is COCCC(=O)Nc1ccc(-c2n[nH]c(CN)n2)cc1. The number of H-pyrrole nitrogens is 1. The first-order chi connectivity index (χ1) is 9.72. The van der Waals surface area contributed by atoms with Crippen LogP contribution in [0.15, 0.2) is 24.3 Å². The lowest BCUT2D eigenvalue weighted by Gasteiger charge is -2.05. The van der Waals surface area contributed by atoms with Crippen LogP contribution >= 0.6 is 0 Å². The van der Waals surface area contributed by atoms with Crippen LogP contribution in [0.1, 0.15) is 12.2 Å². The fraction of sp³-hybridized carbons (Fsp3) is 0.308. The Balaban J connectivity index is 2.00. The van der Waals surface area contributed by atoms with Gasteiger partial charge < -0.3 is 15.8 Å². The number of hydrogen-bond donors (Lipinski definition) is 3. The summed E-state index contributed by atoms with van der Waals surface area (Å²) in [6.45, 7) is 0.726. The third-order valence-electron chi connectivity index (χ3n) is 2.69. The molecule has 0 radical (unpaired) electrons. The van der Waals surface area contributed by atoms with Crippen LogP contribution in [0.2, 0.25) is 0 Å². The standard InChI is InChI=1S/C13H17N5O2/c1-20-7-6-12(19)15-10-4-2-9(3-5-10)13-16-11(8-14)17-18-13/h2-5H,6-8,14H2,1H3,(H,15,19)(H,16,17,18). The second-order valence-electron chi connectivity index (χ2n) is 4.18. The summed E-state index contributed by atoms with van der Waals surface area (Å²) in [5.41, 5.74) is 7.05. The summed E-state index contributed by atoms with van der Waals surface area (Å²) in [6.07, 6.45) is 0.332. The zero-order valence-electron chi connectivity index (χ0n) is 11.2. The summed E-state index contributed by atoms with van der Waals surface area (Å²) < 4.78 is 4.85. The molecule has 1 aromatic heterocycles. The molecule has 0 aliphatic heterocycles. The number of ether oxygens (including phenoxy) is 1. The van der Waals surface area contributed by atoms with E-state index in [2.05, 4.69) is 20.5 Å². The minimum Gasteiger partial charge on any atom is -0.384 e. The van der Waals surface area contributed by atoms with Gasteiger partial charge in [0, 0.05) is 18.4 Å². The first kappa shape index (κ1) is 14.2. The molecule has 0 atom stereocenters. The maximum absolute atomic E-state index is 11.5. The highest BCUT2D eigenvalue weighted by Crippen LogP contribution is 2.17. The van der Waals surface area contributed by atoms with Crippen LogP contribution < -0.4 is 11.1 Å². The second-order valence-corrected chi connectivity index (χ2v) is 4.18. The average Bonchev–Trinajstić information content (AvgIpc) is 2.95. The molecule has 1 aromatic carbocycles. The zero-order valence-corrected chi connectivity index (χ0v) is 11.2. The molecule has 106 valence electrons. The molecule has 7 nitrogen and oxygen atoms in total. The highest BCUT2D eigenvalue weighted by Gasteiger charge is 2.06. The Labute approximate surface area is 116 Å². The van der Waals surface area contributed by atoms with Gasteiger partial charge in [0.2, 0.25) is 5.91 Å². The third kappa shape index (κ3) is 3.62. The molecule has 4 N–H and O–H groups in total. The monoisotopic (exact) mass is 275 g/mol. The number of nitrogens with two attached hydrogens (primary N) is 1. The summed E-state index contributed by atoms with van der Waals surface area (Å²) in [7, 11) is 1.56. The first-order valence-corrected chi connectivity index (χ1v) is 6.23. The number of aromatic amines is 1. The lowest BCUT2D eigenvalue weighted by atomic mass is 10.2. The van der Waals surface area contributed by atoms with E-state index in [0.717, 1.165) is 11.3 Å². The molecule has 7 heteroatoms. The molecule has 0 spiro atoms. The molecule has 0 saturated heterocycles. The second kappa shape index (κ2) is 6.78. The highest BCUT2D eigenvalue weighted by molar-refractivity contribution is 5.90. The quantitative estimate of drug-likeness (QED) is 0.726. The molecule has 0 aliphatic carbocycles. The van der Waals surface area contributed by atoms with E-state index in [1.165, 1.54) is 0 Å². The van der Waals surface area contributed by atoms with E-state index in [0.29, 0.717) is 31.2 Å². The fourth-order valence-electron chi connectivity index (χ4n) is 1.64. The normalized spacial score (nSPS) is 10.5. The number of methoxy groups -OCH3 is 1. The molecular formula is C13H17N5O2. The van der Waals surface area contributed by atoms with Gasteiger partial charge in [-0.2, -0.15) is 5.10 Å². The van der Waals surface area contributed by atoms with Gasteiger partial charge >= 0.3 is 0 Å². The predicted molar refractivity (Wildman–Crippen MR) is 74.8 cm³/mol. The van der Waals surface area contributed by atoms with E-state index in [9.17, 15) is 4.79 Å². The van der Waals surface area contributed by atoms with E-state index < -0.39 is 0 Å². The molecule has 1 amide bonds. The smallest absolute Gasteiger partial charge is 0.226 e. The molecule has 20 heavy (non-hydrogen) atoms. The number of carbonyl (C=O) groups is 1. The van der Waals surface area contributed by atoms with Crippen molar-refractivity contribution in [3.8, 4) is 11.4 Å². The van der Waals surface area contributed by atoms with Crippen molar-refractivity contribution in [1.82, 2.24) is 15.2 Å². The van der Waals surface area contributed by atoms with E-state index in [1.54, 1.807) is 19.2 Å². The number of amides is 1. The predicted octanol–water partition coefficient (Wildman–Crippen LogP) is 0.905. The van der Waals surface area contributed by atoms with Crippen LogP contribution in [0.25, 0.3) is 11.4 Å². The number of carbonyl (C=O) groups excluding carboxylic acids is 1. The zero-order chi connectivity index (χ0) is 14.4. The van der Waals surface area contributed by atoms with E-state index in [1.807, 2.05) is 12.1 Å². The topological polar surface area (TPSA) is 106 Å². The first-order valence-electron chi connectivity index (χ1n) is 6.23. The summed E-state index contributed by atoms with van der Waals surface area (Å²) in [4.78, 5) is 15.8. The van der Waals surface area contributed by atoms with Gasteiger partial charge in [0.1, 0.15) is 5.82 Å². The number of anilines is 1. The highest BCUT2D eigenvalue weighted by atomic mass is 16.5. The number of rotatable bonds is 6. The maximum Gasteiger partial charge on any atom is 0.226 e. The van der Waals surface area contributed by atoms with Gasteiger partial charge in [0.25, 0.3) is 0 Å². The van der Waals surface area contributed by atoms with Crippen LogP contribution in [0.5, 0.6) is 0 Å². The molecule has 2 aromatic rings. The molecule has 1 heterocycles. The van der Waals surface area contributed by atoms with Crippen LogP contribution in [0, 0.1) is 0 Å². The third-order valence-corrected chi connectivity index (χ3v) is 2.69. The summed E-state index contributed by atoms with van der Waals surface area (Å²) in [6, 6.07) is 7.29. The Morgan fingerprint density at radius 3 is 2.75 bits per heavy atom. The molecule has 0 unspecified atom stereocenters. The number of nitrogens with one attached hydrogen (secondary N) is 2. The van der Waals surface area contributed by atoms with Crippen LogP contribution in [0.4, 0.5) is 5.69 Å². The van der Waals surface area contributed by atoms with E-state index >= 15 is 0 Å². The van der Waals surface area contributed by atoms with Crippen molar-refractivity contribution < 1.29 is 9.53 Å². The van der Waals surface area contributed by atoms with Gasteiger partial charge in [-0.25, -0.2) is 4.98 Å². The number of benzene rings is 1. The minimum atomic E-state index is -0.0806. The molecule has 0 aliphatic rings. The molecule has 0 fully saturated rings. The molecule has 0 bridgehead atoms. The van der Waals surface area contributed by atoms with Gasteiger partial charge in [0.05, 0.1) is 19.6 Å². The molecule has 0 saturated carbocycles. The van der Waals surface area contributed by atoms with Crippen molar-refractivity contribution in [2.75, 3.05) is 19.0 Å². The summed E-state index contributed by atoms with van der Waals surface area (Å²) in [5.74, 6) is 1.14. The Hall–Kier alpha value is -2.25. The Bertz CT molecular complexity index is 564. The molecular weight excluding hydrogens is 258 g/mol. The van der Waals surface area contributed by atoms with Gasteiger partial charge in [-0.15, -0.1) is 0 Å². The van der Waals surface area contributed by atoms with Gasteiger partial charge in [-0.3, -0.25) is 9.89 Å². The van der Waals surface area contributed by atoms with Crippen molar-refractivity contribution in [3.05, 3.63) is 30.1 Å².